The molecule has 10 aromatic rings. The molecule has 0 saturated heterocycles. The van der Waals surface area contributed by atoms with Crippen molar-refractivity contribution in [2.45, 2.75) is 0 Å². The van der Waals surface area contributed by atoms with Crippen LogP contribution in [0.3, 0.4) is 0 Å². The Balaban J connectivity index is 1.12. The van der Waals surface area contributed by atoms with E-state index in [-0.39, 0.29) is 0 Å². The summed E-state index contributed by atoms with van der Waals surface area (Å²) in [5, 5.41) is 5.12. The van der Waals surface area contributed by atoms with Gasteiger partial charge in [-0.2, -0.15) is 0 Å². The topological polar surface area (TPSA) is 3.24 Å². The molecule has 1 aromatic heterocycles. The van der Waals surface area contributed by atoms with E-state index < -0.39 is 0 Å². The fourth-order valence-electron chi connectivity index (χ4n) is 7.83. The van der Waals surface area contributed by atoms with Gasteiger partial charge in [-0.1, -0.05) is 170 Å². The third-order valence-electron chi connectivity index (χ3n) is 10.5. The number of benzene rings is 9. The molecule has 0 bridgehead atoms. The van der Waals surface area contributed by atoms with Gasteiger partial charge in [-0.05, 0) is 92.2 Å². The highest BCUT2D eigenvalue weighted by Crippen LogP contribution is 2.45. The highest BCUT2D eigenvalue weighted by molar-refractivity contribution is 7.25. The zero-order valence-corrected chi connectivity index (χ0v) is 30.4. The van der Waals surface area contributed by atoms with Crippen molar-refractivity contribution in [3.8, 4) is 44.5 Å². The summed E-state index contributed by atoms with van der Waals surface area (Å²) < 4.78 is 2.59. The van der Waals surface area contributed by atoms with Crippen LogP contribution >= 0.6 is 11.3 Å². The van der Waals surface area contributed by atoms with Crippen molar-refractivity contribution < 1.29 is 0 Å². The van der Waals surface area contributed by atoms with Gasteiger partial charge >= 0.3 is 0 Å². The molecule has 0 aliphatic heterocycles. The second-order valence-corrected chi connectivity index (χ2v) is 14.8. The molecule has 0 fully saturated rings. The van der Waals surface area contributed by atoms with Gasteiger partial charge in [0.15, 0.2) is 0 Å². The second-order valence-electron chi connectivity index (χ2n) is 13.7. The molecule has 0 saturated carbocycles. The molecule has 0 aliphatic carbocycles. The fourth-order valence-corrected chi connectivity index (χ4v) is 8.97. The van der Waals surface area contributed by atoms with Gasteiger partial charge in [-0.15, -0.1) is 11.3 Å². The molecule has 1 nitrogen and oxygen atoms in total. The van der Waals surface area contributed by atoms with Gasteiger partial charge in [0.25, 0.3) is 0 Å². The molecule has 0 amide bonds. The average Bonchev–Trinajstić information content (AvgIpc) is 3.62. The lowest BCUT2D eigenvalue weighted by molar-refractivity contribution is 1.29. The SMILES string of the molecule is c1ccc(-c2ccc(-c3ccccc3N(c3cccc(-c4cccc(-c5cccc6ccccc56)c4)c3)c3ccc4c(c3)sc3ccccc34)cc2)cc1. The van der Waals surface area contributed by atoms with Gasteiger partial charge in [-0.3, -0.25) is 0 Å². The van der Waals surface area contributed by atoms with Crippen LogP contribution in [0, 0.1) is 0 Å². The second kappa shape index (κ2) is 13.7. The number of fused-ring (bicyclic) bond motifs is 4. The van der Waals surface area contributed by atoms with Crippen LogP contribution in [-0.2, 0) is 0 Å². The lowest BCUT2D eigenvalue weighted by atomic mass is 9.95. The number of para-hydroxylation sites is 1. The Morgan fingerprint density at radius 1 is 0.296 bits per heavy atom. The summed E-state index contributed by atoms with van der Waals surface area (Å²) in [4.78, 5) is 2.43. The molecule has 0 unspecified atom stereocenters. The minimum absolute atomic E-state index is 1.11. The first-order chi connectivity index (χ1) is 26.8. The maximum atomic E-state index is 2.43. The Labute approximate surface area is 319 Å². The molecule has 9 aromatic carbocycles. The third-order valence-corrected chi connectivity index (χ3v) is 11.6. The van der Waals surface area contributed by atoms with Crippen molar-refractivity contribution in [1.82, 2.24) is 0 Å². The van der Waals surface area contributed by atoms with Crippen LogP contribution in [0.5, 0.6) is 0 Å². The van der Waals surface area contributed by atoms with Gasteiger partial charge in [0.2, 0.25) is 0 Å². The molecule has 1 heterocycles. The van der Waals surface area contributed by atoms with Crippen LogP contribution in [0.2, 0.25) is 0 Å². The van der Waals surface area contributed by atoms with Crippen LogP contribution < -0.4 is 4.90 Å². The number of rotatable bonds is 7. The van der Waals surface area contributed by atoms with Crippen LogP contribution in [-0.4, -0.2) is 0 Å². The van der Waals surface area contributed by atoms with Crippen molar-refractivity contribution in [2.24, 2.45) is 0 Å². The first-order valence-corrected chi connectivity index (χ1v) is 19.2. The van der Waals surface area contributed by atoms with Crippen molar-refractivity contribution in [1.29, 1.82) is 0 Å². The molecule has 0 atom stereocenters. The molecular weight excluding hydrogens is 671 g/mol. The number of thiophene rings is 1. The van der Waals surface area contributed by atoms with E-state index in [2.05, 4.69) is 217 Å². The van der Waals surface area contributed by atoms with Crippen LogP contribution in [0.1, 0.15) is 0 Å². The van der Waals surface area contributed by atoms with Gasteiger partial charge in [0, 0.05) is 37.1 Å². The summed E-state index contributed by atoms with van der Waals surface area (Å²) >= 11 is 1.86. The molecule has 2 heteroatoms. The monoisotopic (exact) mass is 705 g/mol. The minimum atomic E-state index is 1.11. The molecule has 0 aliphatic rings. The van der Waals surface area contributed by atoms with Gasteiger partial charge in [0.05, 0.1) is 5.69 Å². The van der Waals surface area contributed by atoms with E-state index >= 15 is 0 Å². The smallest absolute Gasteiger partial charge is 0.0540 e. The Morgan fingerprint density at radius 2 is 0.870 bits per heavy atom. The van der Waals surface area contributed by atoms with Crippen molar-refractivity contribution >= 4 is 59.3 Å². The molecule has 0 radical (unpaired) electrons. The lowest BCUT2D eigenvalue weighted by Crippen LogP contribution is -2.11. The number of nitrogens with zero attached hydrogens (tertiary/aromatic N) is 1. The molecule has 0 N–H and O–H groups in total. The number of anilines is 3. The van der Waals surface area contributed by atoms with E-state index in [4.69, 9.17) is 0 Å². The summed E-state index contributed by atoms with van der Waals surface area (Å²) in [6.07, 6.45) is 0. The first-order valence-electron chi connectivity index (χ1n) is 18.4. The molecule has 0 spiro atoms. The minimum Gasteiger partial charge on any atom is -0.310 e. The molecule has 10 rings (SSSR count). The summed E-state index contributed by atoms with van der Waals surface area (Å²) in [5.74, 6) is 0. The van der Waals surface area contributed by atoms with Gasteiger partial charge in [-0.25, -0.2) is 0 Å². The van der Waals surface area contributed by atoms with Crippen LogP contribution in [0.25, 0.3) is 75.5 Å². The quantitative estimate of drug-likeness (QED) is 0.160. The predicted molar refractivity (Wildman–Crippen MR) is 233 cm³/mol. The van der Waals surface area contributed by atoms with Crippen molar-refractivity contribution in [3.63, 3.8) is 0 Å². The third kappa shape index (κ3) is 5.84. The molecule has 254 valence electrons. The fraction of sp³-hybridized carbons (Fsp3) is 0. The Bertz CT molecular complexity index is 2930. The van der Waals surface area contributed by atoms with E-state index in [1.54, 1.807) is 0 Å². The summed E-state index contributed by atoms with van der Waals surface area (Å²) in [7, 11) is 0. The summed E-state index contributed by atoms with van der Waals surface area (Å²) in [6.45, 7) is 0. The van der Waals surface area contributed by atoms with Gasteiger partial charge in [0.1, 0.15) is 0 Å². The Kier molecular flexibility index (Phi) is 8.09. The van der Waals surface area contributed by atoms with E-state index in [1.165, 1.54) is 75.5 Å². The maximum Gasteiger partial charge on any atom is 0.0540 e. The van der Waals surface area contributed by atoms with Crippen LogP contribution in [0.4, 0.5) is 17.1 Å². The standard InChI is InChI=1S/C52H35NS/c1-2-13-36(14-3-1)37-27-29-39(30-28-37)47-22-6-8-25-50(47)53(44-31-32-49-48-23-7-9-26-51(48)54-52(49)35-44)43-20-11-18-41(34-43)40-17-10-19-42(33-40)46-24-12-16-38-15-4-5-21-45(38)46/h1-35H. The van der Waals surface area contributed by atoms with E-state index in [0.717, 1.165) is 17.1 Å². The van der Waals surface area contributed by atoms with Crippen molar-refractivity contribution in [2.75, 3.05) is 4.90 Å². The summed E-state index contributed by atoms with van der Waals surface area (Å²) in [6, 6.07) is 77.2. The Morgan fingerprint density at radius 3 is 1.76 bits per heavy atom. The zero-order chi connectivity index (χ0) is 35.8. The van der Waals surface area contributed by atoms with E-state index in [1.807, 2.05) is 11.3 Å². The van der Waals surface area contributed by atoms with E-state index in [9.17, 15) is 0 Å². The average molecular weight is 706 g/mol. The molecular formula is C52H35NS. The predicted octanol–water partition coefficient (Wildman–Crippen LogP) is 15.3. The number of hydrogen-bond acceptors (Lipinski definition) is 2. The lowest BCUT2D eigenvalue weighted by Gasteiger charge is -2.28. The van der Waals surface area contributed by atoms with E-state index in [0.29, 0.717) is 0 Å². The highest BCUT2D eigenvalue weighted by atomic mass is 32.1. The Hall–Kier alpha value is -6.74. The first kappa shape index (κ1) is 32.0. The largest absolute Gasteiger partial charge is 0.310 e. The van der Waals surface area contributed by atoms with Crippen LogP contribution in [0.15, 0.2) is 212 Å². The summed E-state index contributed by atoms with van der Waals surface area (Å²) in [5.41, 5.74) is 13.0. The maximum absolute atomic E-state index is 2.43. The highest BCUT2D eigenvalue weighted by Gasteiger charge is 2.19. The van der Waals surface area contributed by atoms with Crippen molar-refractivity contribution in [3.05, 3.63) is 212 Å². The number of hydrogen-bond donors (Lipinski definition) is 0. The normalized spacial score (nSPS) is 11.3. The zero-order valence-electron chi connectivity index (χ0n) is 29.6. The van der Waals surface area contributed by atoms with Gasteiger partial charge < -0.3 is 4.90 Å². The molecule has 54 heavy (non-hydrogen) atoms.